The lowest BCUT2D eigenvalue weighted by Gasteiger charge is -2.31. The van der Waals surface area contributed by atoms with E-state index in [1.807, 2.05) is 86.2 Å². The van der Waals surface area contributed by atoms with Crippen LogP contribution < -0.4 is 4.74 Å². The average molecular weight is 562 g/mol. The van der Waals surface area contributed by atoms with E-state index in [0.29, 0.717) is 13.2 Å². The van der Waals surface area contributed by atoms with Crippen LogP contribution in [0.25, 0.3) is 0 Å². The van der Waals surface area contributed by atoms with Crippen molar-refractivity contribution in [1.82, 2.24) is 15.0 Å². The number of methoxy groups -OCH3 is 1. The number of hydrogen-bond acceptors (Lipinski definition) is 7. The summed E-state index contributed by atoms with van der Waals surface area (Å²) in [6.45, 7) is 10.2. The van der Waals surface area contributed by atoms with Gasteiger partial charge in [0, 0.05) is 28.4 Å². The molecule has 2 aromatic carbocycles. The predicted octanol–water partition coefficient (Wildman–Crippen LogP) is 6.88. The zero-order chi connectivity index (χ0) is 28.5. The topological polar surface area (TPSA) is 75.5 Å². The van der Waals surface area contributed by atoms with Gasteiger partial charge in [0.15, 0.2) is 0 Å². The molecule has 0 saturated heterocycles. The highest BCUT2D eigenvalue weighted by Crippen LogP contribution is 2.44. The van der Waals surface area contributed by atoms with Gasteiger partial charge in [0.1, 0.15) is 12.4 Å². The number of carbonyl (C=O) groups is 1. The molecule has 1 unspecified atom stereocenters. The number of benzene rings is 2. The van der Waals surface area contributed by atoms with Crippen LogP contribution in [0.5, 0.6) is 5.75 Å². The van der Waals surface area contributed by atoms with E-state index >= 15 is 0 Å². The van der Waals surface area contributed by atoms with E-state index in [1.165, 1.54) is 4.88 Å². The molecule has 4 aromatic rings. The quantitative estimate of drug-likeness (QED) is 0.156. The summed E-state index contributed by atoms with van der Waals surface area (Å²) in [6.07, 6.45) is 3.46. The normalized spacial score (nSPS) is 12.3. The standard InChI is InChI=1S/C32H39N3O4S/c1-6-35-19-27(33-34-35)14-17-29(32(3,4)31(36)39-21-24-10-8-7-9-11-24)30-18-26(23(2)40-30)22-38-20-25-12-15-28(37-5)16-13-25/h7-13,15-16,18-19,29H,6,14,17,20-22H2,1-5H3. The van der Waals surface area contributed by atoms with Crippen molar-refractivity contribution in [3.8, 4) is 5.75 Å². The molecule has 2 heterocycles. The van der Waals surface area contributed by atoms with Gasteiger partial charge in [0.05, 0.1) is 31.4 Å². The van der Waals surface area contributed by atoms with Crippen molar-refractivity contribution < 1.29 is 19.0 Å². The monoisotopic (exact) mass is 561 g/mol. The molecule has 0 aliphatic heterocycles. The molecule has 0 saturated carbocycles. The molecule has 40 heavy (non-hydrogen) atoms. The summed E-state index contributed by atoms with van der Waals surface area (Å²) in [6, 6.07) is 19.9. The van der Waals surface area contributed by atoms with Crippen LogP contribution in [0, 0.1) is 12.3 Å². The number of thiophene rings is 1. The molecule has 8 heteroatoms. The number of rotatable bonds is 14. The third-order valence-corrected chi connectivity index (χ3v) is 8.48. The minimum atomic E-state index is -0.742. The maximum atomic E-state index is 13.5. The minimum Gasteiger partial charge on any atom is -0.497 e. The SMILES string of the molecule is CCn1cc(CCC(c2cc(COCc3ccc(OC)cc3)c(C)s2)C(C)(C)C(=O)OCc2ccccc2)nn1. The minimum absolute atomic E-state index is 0.0541. The van der Waals surface area contributed by atoms with Crippen LogP contribution in [0.3, 0.4) is 0 Å². The van der Waals surface area contributed by atoms with Crippen LogP contribution in [-0.4, -0.2) is 28.1 Å². The summed E-state index contributed by atoms with van der Waals surface area (Å²) in [5, 5.41) is 8.52. The highest BCUT2D eigenvalue weighted by molar-refractivity contribution is 7.12. The number of carbonyl (C=O) groups excluding carboxylic acids is 1. The van der Waals surface area contributed by atoms with Crippen molar-refractivity contribution >= 4 is 17.3 Å². The van der Waals surface area contributed by atoms with Gasteiger partial charge in [-0.1, -0.05) is 47.7 Å². The number of aryl methyl sites for hydroxylation is 3. The van der Waals surface area contributed by atoms with Gasteiger partial charge in [-0.15, -0.1) is 16.4 Å². The van der Waals surface area contributed by atoms with Crippen molar-refractivity contribution in [3.63, 3.8) is 0 Å². The second-order valence-electron chi connectivity index (χ2n) is 10.5. The molecule has 0 amide bonds. The van der Waals surface area contributed by atoms with Crippen LogP contribution >= 0.6 is 11.3 Å². The van der Waals surface area contributed by atoms with Crippen LogP contribution in [0.2, 0.25) is 0 Å². The van der Waals surface area contributed by atoms with Crippen molar-refractivity contribution in [3.05, 3.63) is 99.0 Å². The summed E-state index contributed by atoms with van der Waals surface area (Å²) < 4.78 is 19.0. The lowest BCUT2D eigenvalue weighted by atomic mass is 9.75. The number of ether oxygens (including phenoxy) is 3. The summed E-state index contributed by atoms with van der Waals surface area (Å²) in [5.74, 6) is 0.568. The zero-order valence-electron chi connectivity index (χ0n) is 24.1. The maximum Gasteiger partial charge on any atom is 0.312 e. The molecular weight excluding hydrogens is 522 g/mol. The van der Waals surface area contributed by atoms with Gasteiger partial charge in [-0.2, -0.15) is 0 Å². The average Bonchev–Trinajstić information content (AvgIpc) is 3.58. The fraction of sp³-hybridized carbons (Fsp3) is 0.406. The molecule has 1 atom stereocenters. The van der Waals surface area contributed by atoms with Crippen LogP contribution in [-0.2, 0) is 47.1 Å². The number of esters is 1. The molecule has 0 spiro atoms. The van der Waals surface area contributed by atoms with Crippen LogP contribution in [0.4, 0.5) is 0 Å². The molecule has 2 aromatic heterocycles. The van der Waals surface area contributed by atoms with E-state index in [4.69, 9.17) is 14.2 Å². The maximum absolute atomic E-state index is 13.5. The third kappa shape index (κ3) is 7.58. The predicted molar refractivity (Wildman–Crippen MR) is 157 cm³/mol. The molecule has 4 rings (SSSR count). The molecule has 0 fully saturated rings. The molecule has 0 aliphatic rings. The Balaban J connectivity index is 1.49. The highest BCUT2D eigenvalue weighted by Gasteiger charge is 2.40. The lowest BCUT2D eigenvalue weighted by Crippen LogP contribution is -2.33. The molecule has 7 nitrogen and oxygen atoms in total. The van der Waals surface area contributed by atoms with Crippen molar-refractivity contribution in [1.29, 1.82) is 0 Å². The molecule has 212 valence electrons. The molecule has 0 bridgehead atoms. The number of nitrogens with zero attached hydrogens (tertiary/aromatic N) is 3. The summed E-state index contributed by atoms with van der Waals surface area (Å²) in [5.41, 5.74) is 3.39. The van der Waals surface area contributed by atoms with Gasteiger partial charge in [0.25, 0.3) is 0 Å². The highest BCUT2D eigenvalue weighted by atomic mass is 32.1. The van der Waals surface area contributed by atoms with E-state index in [9.17, 15) is 4.79 Å². The Morgan fingerprint density at radius 3 is 2.42 bits per heavy atom. The van der Waals surface area contributed by atoms with Gasteiger partial charge in [0.2, 0.25) is 0 Å². The Labute approximate surface area is 241 Å². The van der Waals surface area contributed by atoms with Gasteiger partial charge < -0.3 is 14.2 Å². The van der Waals surface area contributed by atoms with Crippen LogP contribution in [0.15, 0.2) is 66.9 Å². The first-order valence-electron chi connectivity index (χ1n) is 13.7. The second-order valence-corrected chi connectivity index (χ2v) is 11.8. The van der Waals surface area contributed by atoms with E-state index < -0.39 is 5.41 Å². The van der Waals surface area contributed by atoms with Gasteiger partial charge in [-0.05, 0) is 75.4 Å². The van der Waals surface area contributed by atoms with E-state index in [2.05, 4.69) is 23.3 Å². The molecule has 0 N–H and O–H groups in total. The van der Waals surface area contributed by atoms with E-state index in [0.717, 1.165) is 52.4 Å². The van der Waals surface area contributed by atoms with E-state index in [1.54, 1.807) is 18.4 Å². The van der Waals surface area contributed by atoms with Crippen molar-refractivity contribution in [2.45, 2.75) is 72.8 Å². The molecular formula is C32H39N3O4S. The first kappa shape index (κ1) is 29.5. The largest absolute Gasteiger partial charge is 0.497 e. The Morgan fingerprint density at radius 2 is 1.75 bits per heavy atom. The first-order chi connectivity index (χ1) is 19.3. The van der Waals surface area contributed by atoms with Crippen LogP contribution in [0.1, 0.15) is 65.2 Å². The zero-order valence-corrected chi connectivity index (χ0v) is 24.9. The Hall–Kier alpha value is -3.49. The van der Waals surface area contributed by atoms with E-state index in [-0.39, 0.29) is 18.5 Å². The lowest BCUT2D eigenvalue weighted by molar-refractivity contribution is -0.156. The summed E-state index contributed by atoms with van der Waals surface area (Å²) >= 11 is 1.73. The second kappa shape index (κ2) is 13.7. The Morgan fingerprint density at radius 1 is 1.02 bits per heavy atom. The fourth-order valence-corrected chi connectivity index (χ4v) is 6.03. The number of hydrogen-bond donors (Lipinski definition) is 0. The van der Waals surface area contributed by atoms with Gasteiger partial charge >= 0.3 is 5.97 Å². The molecule has 0 aliphatic carbocycles. The Bertz CT molecular complexity index is 1360. The fourth-order valence-electron chi connectivity index (χ4n) is 4.67. The number of aromatic nitrogens is 3. The smallest absolute Gasteiger partial charge is 0.312 e. The first-order valence-corrected chi connectivity index (χ1v) is 14.5. The molecule has 0 radical (unpaired) electrons. The summed E-state index contributed by atoms with van der Waals surface area (Å²) in [4.78, 5) is 15.8. The van der Waals surface area contributed by atoms with Crippen molar-refractivity contribution in [2.75, 3.05) is 7.11 Å². The Kier molecular flexibility index (Phi) is 10.1. The van der Waals surface area contributed by atoms with Gasteiger partial charge in [-0.3, -0.25) is 9.48 Å². The summed E-state index contributed by atoms with van der Waals surface area (Å²) in [7, 11) is 1.66. The van der Waals surface area contributed by atoms with Crippen molar-refractivity contribution in [2.24, 2.45) is 5.41 Å². The third-order valence-electron chi connectivity index (χ3n) is 7.28. The van der Waals surface area contributed by atoms with Gasteiger partial charge in [-0.25, -0.2) is 0 Å².